The van der Waals surface area contributed by atoms with Gasteiger partial charge in [-0.2, -0.15) is 5.10 Å². The highest BCUT2D eigenvalue weighted by atomic mass is 127. The molecule has 0 aliphatic rings. The first kappa shape index (κ1) is 24.3. The minimum atomic E-state index is -0.0773. The number of hydrogen-bond donors (Lipinski definition) is 3. The fourth-order valence-corrected chi connectivity index (χ4v) is 2.94. The zero-order chi connectivity index (χ0) is 21.2. The van der Waals surface area contributed by atoms with Crippen LogP contribution in [0, 0.1) is 0 Å². The molecule has 0 spiro atoms. The summed E-state index contributed by atoms with van der Waals surface area (Å²) in [5.74, 6) is 1.44. The van der Waals surface area contributed by atoms with Crippen molar-refractivity contribution in [1.82, 2.24) is 30.7 Å². The average molecular weight is 533 g/mol. The number of aliphatic imine (C=N–C) groups is 1. The number of nitrogens with zero attached hydrogens (tertiary/aromatic N) is 4. The van der Waals surface area contributed by atoms with Gasteiger partial charge in [0.15, 0.2) is 11.8 Å². The zero-order valence-electron chi connectivity index (χ0n) is 17.7. The largest absolute Gasteiger partial charge is 0.357 e. The molecule has 31 heavy (non-hydrogen) atoms. The molecule has 0 aliphatic carbocycles. The van der Waals surface area contributed by atoms with Gasteiger partial charge in [0.2, 0.25) is 0 Å². The number of amides is 1. The highest BCUT2D eigenvalue weighted by molar-refractivity contribution is 14.0. The fourth-order valence-electron chi connectivity index (χ4n) is 2.94. The Hall–Kier alpha value is -2.95. The molecule has 3 rings (SSSR count). The molecule has 2 heterocycles. The van der Waals surface area contributed by atoms with Gasteiger partial charge in [0.1, 0.15) is 0 Å². The van der Waals surface area contributed by atoms with Gasteiger partial charge in [-0.05, 0) is 54.8 Å². The monoisotopic (exact) mass is 533 g/mol. The molecule has 3 N–H and O–H groups in total. The molecular formula is C22H28IN7O. The second-order valence-electron chi connectivity index (χ2n) is 6.62. The van der Waals surface area contributed by atoms with Crippen molar-refractivity contribution in [2.45, 2.75) is 19.9 Å². The highest BCUT2D eigenvalue weighted by Gasteiger charge is 2.05. The first-order valence-electron chi connectivity index (χ1n) is 9.97. The number of rotatable bonds is 8. The van der Waals surface area contributed by atoms with Crippen LogP contribution in [0.2, 0.25) is 0 Å². The lowest BCUT2D eigenvalue weighted by atomic mass is 10.1. The van der Waals surface area contributed by atoms with Gasteiger partial charge >= 0.3 is 0 Å². The molecular weight excluding hydrogens is 505 g/mol. The van der Waals surface area contributed by atoms with Crippen molar-refractivity contribution in [2.24, 2.45) is 4.99 Å². The van der Waals surface area contributed by atoms with Crippen LogP contribution in [0.3, 0.4) is 0 Å². The third kappa shape index (κ3) is 7.35. The summed E-state index contributed by atoms with van der Waals surface area (Å²) in [5, 5.41) is 13.5. The number of guanidine groups is 1. The Morgan fingerprint density at radius 2 is 1.97 bits per heavy atom. The summed E-state index contributed by atoms with van der Waals surface area (Å²) in [6.07, 6.45) is 6.14. The van der Waals surface area contributed by atoms with E-state index in [-0.39, 0.29) is 29.9 Å². The van der Waals surface area contributed by atoms with Crippen molar-refractivity contribution in [3.8, 4) is 5.82 Å². The summed E-state index contributed by atoms with van der Waals surface area (Å²) in [4.78, 5) is 20.8. The topological polar surface area (TPSA) is 96.2 Å². The number of aromatic nitrogens is 3. The van der Waals surface area contributed by atoms with Crippen LogP contribution in [0.4, 0.5) is 0 Å². The molecule has 1 aromatic carbocycles. The number of hydrogen-bond acceptors (Lipinski definition) is 4. The van der Waals surface area contributed by atoms with E-state index in [4.69, 9.17) is 0 Å². The number of nitrogens with one attached hydrogen (secondary N) is 3. The predicted molar refractivity (Wildman–Crippen MR) is 133 cm³/mol. The molecule has 8 nitrogen and oxygen atoms in total. The number of benzene rings is 1. The third-order valence-electron chi connectivity index (χ3n) is 4.44. The molecule has 0 unspecified atom stereocenters. The van der Waals surface area contributed by atoms with Crippen LogP contribution in [0.25, 0.3) is 5.82 Å². The van der Waals surface area contributed by atoms with E-state index in [9.17, 15) is 4.79 Å². The minimum absolute atomic E-state index is 0. The van der Waals surface area contributed by atoms with Crippen molar-refractivity contribution in [1.29, 1.82) is 0 Å². The van der Waals surface area contributed by atoms with E-state index >= 15 is 0 Å². The van der Waals surface area contributed by atoms with Crippen LogP contribution in [0.1, 0.15) is 28.4 Å². The highest BCUT2D eigenvalue weighted by Crippen LogP contribution is 2.08. The van der Waals surface area contributed by atoms with E-state index in [0.29, 0.717) is 18.7 Å². The SMILES string of the molecule is CCNC(=NCc1ccnc(-n2cccn2)c1)NCCc1cccc(C(=O)NC)c1.I. The minimum Gasteiger partial charge on any atom is -0.357 e. The molecule has 164 valence electrons. The second kappa shape index (κ2) is 12.7. The average Bonchev–Trinajstić information content (AvgIpc) is 3.32. The number of pyridine rings is 1. The molecule has 0 radical (unpaired) electrons. The Bertz CT molecular complexity index is 989. The van der Waals surface area contributed by atoms with Crippen molar-refractivity contribution < 1.29 is 4.79 Å². The van der Waals surface area contributed by atoms with E-state index in [1.54, 1.807) is 24.1 Å². The first-order chi connectivity index (χ1) is 14.7. The van der Waals surface area contributed by atoms with Crippen molar-refractivity contribution in [2.75, 3.05) is 20.1 Å². The van der Waals surface area contributed by atoms with Gasteiger partial charge in [0.05, 0.1) is 6.54 Å². The van der Waals surface area contributed by atoms with Crippen LogP contribution in [-0.4, -0.2) is 46.8 Å². The van der Waals surface area contributed by atoms with Gasteiger partial charge in [0, 0.05) is 44.3 Å². The molecule has 0 saturated carbocycles. The third-order valence-corrected chi connectivity index (χ3v) is 4.44. The van der Waals surface area contributed by atoms with Gasteiger partial charge < -0.3 is 16.0 Å². The van der Waals surface area contributed by atoms with Crippen molar-refractivity contribution in [3.05, 3.63) is 77.7 Å². The maximum absolute atomic E-state index is 11.8. The lowest BCUT2D eigenvalue weighted by molar-refractivity contribution is 0.0963. The van der Waals surface area contributed by atoms with Gasteiger partial charge in [0.25, 0.3) is 5.91 Å². The molecule has 0 bridgehead atoms. The zero-order valence-corrected chi connectivity index (χ0v) is 20.0. The lowest BCUT2D eigenvalue weighted by Gasteiger charge is -2.12. The van der Waals surface area contributed by atoms with E-state index in [2.05, 4.69) is 31.0 Å². The summed E-state index contributed by atoms with van der Waals surface area (Å²) in [6.45, 7) is 4.04. The first-order valence-corrected chi connectivity index (χ1v) is 9.97. The number of halogens is 1. The smallest absolute Gasteiger partial charge is 0.251 e. The molecule has 3 aromatic rings. The Morgan fingerprint density at radius 3 is 2.71 bits per heavy atom. The van der Waals surface area contributed by atoms with Crippen LogP contribution in [0.15, 0.2) is 66.0 Å². The van der Waals surface area contributed by atoms with Gasteiger partial charge in [-0.3, -0.25) is 4.79 Å². The quantitative estimate of drug-likeness (QED) is 0.235. The van der Waals surface area contributed by atoms with E-state index in [1.807, 2.05) is 55.6 Å². The summed E-state index contributed by atoms with van der Waals surface area (Å²) in [6, 6.07) is 13.4. The summed E-state index contributed by atoms with van der Waals surface area (Å²) >= 11 is 0. The van der Waals surface area contributed by atoms with Crippen LogP contribution in [0.5, 0.6) is 0 Å². The van der Waals surface area contributed by atoms with Crippen LogP contribution in [-0.2, 0) is 13.0 Å². The number of carbonyl (C=O) groups is 1. The molecule has 1 amide bonds. The Labute approximate surface area is 199 Å². The normalized spacial score (nSPS) is 10.8. The maximum Gasteiger partial charge on any atom is 0.251 e. The number of carbonyl (C=O) groups excluding carboxylic acids is 1. The van der Waals surface area contributed by atoms with Gasteiger partial charge in [-0.15, -0.1) is 24.0 Å². The summed E-state index contributed by atoms with van der Waals surface area (Å²) in [7, 11) is 1.64. The Morgan fingerprint density at radius 1 is 1.10 bits per heavy atom. The molecule has 0 saturated heterocycles. The lowest BCUT2D eigenvalue weighted by Crippen LogP contribution is -2.38. The maximum atomic E-state index is 11.8. The van der Waals surface area contributed by atoms with Crippen molar-refractivity contribution >= 4 is 35.8 Å². The molecule has 0 atom stereocenters. The Balaban J connectivity index is 0.00000341. The summed E-state index contributed by atoms with van der Waals surface area (Å²) < 4.78 is 1.73. The molecule has 0 aliphatic heterocycles. The fraction of sp³-hybridized carbons (Fsp3) is 0.273. The van der Waals surface area contributed by atoms with Gasteiger partial charge in [-0.1, -0.05) is 12.1 Å². The standard InChI is InChI=1S/C22H27N7O.HI/c1-3-24-22(26-12-8-17-6-4-7-19(14-17)21(30)23-2)27-16-18-9-11-25-20(15-18)29-13-5-10-28-29;/h4-7,9-11,13-15H,3,8,12,16H2,1-2H3,(H,23,30)(H2,24,26,27);1H. The molecule has 2 aromatic heterocycles. The summed E-state index contributed by atoms with van der Waals surface area (Å²) in [5.41, 5.74) is 2.81. The predicted octanol–water partition coefficient (Wildman–Crippen LogP) is 2.54. The van der Waals surface area contributed by atoms with E-state index < -0.39 is 0 Å². The van der Waals surface area contributed by atoms with Crippen LogP contribution < -0.4 is 16.0 Å². The Kier molecular flexibility index (Phi) is 9.95. The van der Waals surface area contributed by atoms with Gasteiger partial charge in [-0.25, -0.2) is 14.7 Å². The van der Waals surface area contributed by atoms with E-state index in [1.165, 1.54) is 0 Å². The van der Waals surface area contributed by atoms with Crippen LogP contribution >= 0.6 is 24.0 Å². The molecule has 9 heteroatoms. The van der Waals surface area contributed by atoms with Crippen molar-refractivity contribution in [3.63, 3.8) is 0 Å². The second-order valence-corrected chi connectivity index (χ2v) is 6.62. The van der Waals surface area contributed by atoms with E-state index in [0.717, 1.165) is 35.9 Å². The molecule has 0 fully saturated rings.